The summed E-state index contributed by atoms with van der Waals surface area (Å²) in [6, 6.07) is 7.11. The lowest BCUT2D eigenvalue weighted by Gasteiger charge is -2.00. The smallest absolute Gasteiger partial charge is 0.347 e. The predicted molar refractivity (Wildman–Crippen MR) is 76.7 cm³/mol. The van der Waals surface area contributed by atoms with Crippen LogP contribution in [-0.4, -0.2) is 21.6 Å². The van der Waals surface area contributed by atoms with E-state index in [1.807, 2.05) is 0 Å². The third kappa shape index (κ3) is 4.44. The first-order valence-electron chi connectivity index (χ1n) is 6.57. The van der Waals surface area contributed by atoms with Gasteiger partial charge in [-0.05, 0) is 18.4 Å². The van der Waals surface area contributed by atoms with E-state index < -0.39 is 9.85 Å². The van der Waals surface area contributed by atoms with Gasteiger partial charge in [-0.3, -0.25) is 20.2 Å². The molecule has 0 bridgehead atoms. The van der Waals surface area contributed by atoms with Crippen LogP contribution in [0.3, 0.4) is 0 Å². The molecular weight excluding hydrogens is 326 g/mol. The van der Waals surface area contributed by atoms with Gasteiger partial charge in [0.05, 0.1) is 9.85 Å². The fraction of sp³-hybridized carbons (Fsp3) is 0.214. The van der Waals surface area contributed by atoms with E-state index in [0.29, 0.717) is 12.8 Å². The van der Waals surface area contributed by atoms with Crippen molar-refractivity contribution in [3.8, 4) is 5.69 Å². The molecule has 0 aliphatic rings. The van der Waals surface area contributed by atoms with Gasteiger partial charge in [-0.25, -0.2) is 0 Å². The highest BCUT2D eigenvalue weighted by Crippen LogP contribution is 2.24. The summed E-state index contributed by atoms with van der Waals surface area (Å²) in [4.78, 5) is 20.5. The van der Waals surface area contributed by atoms with Crippen LogP contribution < -0.4 is 17.0 Å². The average molecular weight is 340 g/mol. The van der Waals surface area contributed by atoms with E-state index >= 15 is 0 Å². The molecule has 0 spiro atoms. The van der Waals surface area contributed by atoms with Gasteiger partial charge in [0.25, 0.3) is 11.4 Å². The van der Waals surface area contributed by atoms with Crippen LogP contribution >= 0.6 is 0 Å². The number of aliphatic hydroxyl groups excluding tert-OH is 1. The number of nitro groups is 2. The minimum absolute atomic E-state index is 0. The van der Waals surface area contributed by atoms with Crippen LogP contribution in [0.4, 0.5) is 11.4 Å². The molecular formula is C14H14ClN3O5. The van der Waals surface area contributed by atoms with Crippen molar-refractivity contribution in [1.29, 1.82) is 0 Å². The van der Waals surface area contributed by atoms with Crippen LogP contribution in [0.1, 0.15) is 12.0 Å². The number of hydrogen-bond donors (Lipinski definition) is 1. The maximum Gasteiger partial charge on any atom is 0.347 e. The molecule has 0 saturated carbocycles. The molecule has 1 heterocycles. The van der Waals surface area contributed by atoms with E-state index in [1.165, 1.54) is 16.7 Å². The van der Waals surface area contributed by atoms with Crippen LogP contribution in [-0.2, 0) is 6.42 Å². The van der Waals surface area contributed by atoms with E-state index in [9.17, 15) is 20.2 Å². The Kier molecular flexibility index (Phi) is 6.55. The van der Waals surface area contributed by atoms with Crippen molar-refractivity contribution in [1.82, 2.24) is 0 Å². The lowest BCUT2D eigenvalue weighted by molar-refractivity contribution is -0.601. The fourth-order valence-corrected chi connectivity index (χ4v) is 2.06. The highest BCUT2D eigenvalue weighted by molar-refractivity contribution is 5.53. The SMILES string of the molecule is O=[N+]([O-])c1ccc(-[n+]2ccc(CCCO)cc2)c([N+](=O)[O-])c1.[Cl-]. The number of nitro benzene ring substituents is 2. The topological polar surface area (TPSA) is 110 Å². The van der Waals surface area contributed by atoms with Crippen molar-refractivity contribution < 1.29 is 31.9 Å². The molecule has 0 amide bonds. The van der Waals surface area contributed by atoms with Crippen molar-refractivity contribution in [3.05, 3.63) is 68.5 Å². The van der Waals surface area contributed by atoms with Gasteiger partial charge in [0, 0.05) is 30.9 Å². The molecule has 0 unspecified atom stereocenters. The summed E-state index contributed by atoms with van der Waals surface area (Å²) in [6.45, 7) is 0.0999. The third-order valence-corrected chi connectivity index (χ3v) is 3.17. The molecule has 0 aliphatic heterocycles. The monoisotopic (exact) mass is 339 g/mol. The van der Waals surface area contributed by atoms with Gasteiger partial charge in [-0.2, -0.15) is 4.57 Å². The summed E-state index contributed by atoms with van der Waals surface area (Å²) in [5.74, 6) is 0. The maximum absolute atomic E-state index is 11.1. The molecule has 2 rings (SSSR count). The summed E-state index contributed by atoms with van der Waals surface area (Å²) in [7, 11) is 0. The molecule has 122 valence electrons. The summed E-state index contributed by atoms with van der Waals surface area (Å²) >= 11 is 0. The summed E-state index contributed by atoms with van der Waals surface area (Å²) in [5.41, 5.74) is 0.595. The Balaban J connectivity index is 0.00000264. The molecule has 23 heavy (non-hydrogen) atoms. The highest BCUT2D eigenvalue weighted by atomic mass is 35.5. The summed E-state index contributed by atoms with van der Waals surface area (Å²) < 4.78 is 1.53. The molecule has 9 heteroatoms. The van der Waals surface area contributed by atoms with E-state index in [4.69, 9.17) is 5.11 Å². The minimum Gasteiger partial charge on any atom is -1.00 e. The Morgan fingerprint density at radius 1 is 1.04 bits per heavy atom. The van der Waals surface area contributed by atoms with Gasteiger partial charge in [-0.1, -0.05) is 0 Å². The second-order valence-electron chi connectivity index (χ2n) is 4.63. The van der Waals surface area contributed by atoms with Gasteiger partial charge in [-0.15, -0.1) is 0 Å². The highest BCUT2D eigenvalue weighted by Gasteiger charge is 2.25. The second kappa shape index (κ2) is 8.16. The zero-order valence-corrected chi connectivity index (χ0v) is 12.7. The first-order chi connectivity index (χ1) is 10.5. The van der Waals surface area contributed by atoms with Gasteiger partial charge in [0.2, 0.25) is 0 Å². The molecule has 0 atom stereocenters. The number of aliphatic hydroxyl groups is 1. The number of non-ortho nitro benzene ring substituents is 1. The van der Waals surface area contributed by atoms with Crippen LogP contribution in [0.25, 0.3) is 5.69 Å². The first-order valence-corrected chi connectivity index (χ1v) is 6.57. The Morgan fingerprint density at radius 2 is 1.70 bits per heavy atom. The van der Waals surface area contributed by atoms with Crippen molar-refractivity contribution in [2.24, 2.45) is 0 Å². The molecule has 1 aromatic heterocycles. The largest absolute Gasteiger partial charge is 1.00 e. The molecule has 0 radical (unpaired) electrons. The number of nitrogens with zero attached hydrogens (tertiary/aromatic N) is 3. The van der Waals surface area contributed by atoms with Gasteiger partial charge < -0.3 is 17.5 Å². The third-order valence-electron chi connectivity index (χ3n) is 3.17. The Labute approximate surface area is 137 Å². The molecule has 2 aromatic rings. The number of pyridine rings is 1. The summed E-state index contributed by atoms with van der Waals surface area (Å²) in [6.07, 6.45) is 4.66. The summed E-state index contributed by atoms with van der Waals surface area (Å²) in [5, 5.41) is 30.6. The van der Waals surface area contributed by atoms with Gasteiger partial charge >= 0.3 is 5.69 Å². The van der Waals surface area contributed by atoms with Crippen molar-refractivity contribution in [2.75, 3.05) is 6.61 Å². The van der Waals surface area contributed by atoms with Crippen LogP contribution in [0.15, 0.2) is 42.7 Å². The predicted octanol–water partition coefficient (Wildman–Crippen LogP) is -1.29. The zero-order valence-electron chi connectivity index (χ0n) is 12.0. The average Bonchev–Trinajstić information content (AvgIpc) is 2.52. The number of rotatable bonds is 6. The first kappa shape index (κ1) is 18.5. The zero-order chi connectivity index (χ0) is 16.1. The second-order valence-corrected chi connectivity index (χ2v) is 4.63. The maximum atomic E-state index is 11.1. The molecule has 0 saturated heterocycles. The van der Waals surface area contributed by atoms with E-state index in [-0.39, 0.29) is 36.1 Å². The van der Waals surface area contributed by atoms with Gasteiger partial charge in [0.15, 0.2) is 12.4 Å². The Bertz CT molecular complexity index is 706. The number of halogens is 1. The quantitative estimate of drug-likeness (QED) is 0.400. The number of benzene rings is 1. The molecule has 1 N–H and O–H groups in total. The van der Waals surface area contributed by atoms with Crippen LogP contribution in [0.2, 0.25) is 0 Å². The van der Waals surface area contributed by atoms with Crippen LogP contribution in [0, 0.1) is 20.2 Å². The normalized spacial score (nSPS) is 9.96. The molecule has 0 fully saturated rings. The molecule has 1 aromatic carbocycles. The number of hydrogen-bond acceptors (Lipinski definition) is 5. The standard InChI is InChI=1S/C14H14N3O5.ClH/c18-9-1-2-11-5-7-15(8-6-11)13-4-3-12(16(19)20)10-14(13)17(21)22;/h3-8,10,18H,1-2,9H2;1H/q+1;/p-1. The van der Waals surface area contributed by atoms with Gasteiger partial charge in [0.1, 0.15) is 6.07 Å². The lowest BCUT2D eigenvalue weighted by atomic mass is 10.1. The van der Waals surface area contributed by atoms with E-state index in [2.05, 4.69) is 0 Å². The minimum atomic E-state index is -0.667. The van der Waals surface area contributed by atoms with Crippen LogP contribution in [0.5, 0.6) is 0 Å². The fourth-order valence-electron chi connectivity index (χ4n) is 2.06. The van der Waals surface area contributed by atoms with Crippen molar-refractivity contribution >= 4 is 11.4 Å². The molecule has 0 aliphatic carbocycles. The van der Waals surface area contributed by atoms with Crippen molar-refractivity contribution in [2.45, 2.75) is 12.8 Å². The van der Waals surface area contributed by atoms with E-state index in [1.54, 1.807) is 24.5 Å². The lowest BCUT2D eigenvalue weighted by Crippen LogP contribution is -3.00. The van der Waals surface area contributed by atoms with Crippen molar-refractivity contribution in [3.63, 3.8) is 0 Å². The Morgan fingerprint density at radius 3 is 2.22 bits per heavy atom. The number of aryl methyl sites for hydroxylation is 1. The number of aromatic nitrogens is 1. The van der Waals surface area contributed by atoms with E-state index in [0.717, 1.165) is 11.6 Å². The Hall–Kier alpha value is -2.58. The molecule has 8 nitrogen and oxygen atoms in total.